The van der Waals surface area contributed by atoms with Gasteiger partial charge in [-0.15, -0.1) is 0 Å². The molecule has 0 bridgehead atoms. The molecule has 0 heterocycles. The molecule has 2 nitrogen and oxygen atoms in total. The van der Waals surface area contributed by atoms with E-state index in [1.54, 1.807) is 0 Å². The van der Waals surface area contributed by atoms with E-state index in [2.05, 4.69) is 84.5 Å². The van der Waals surface area contributed by atoms with Crippen LogP contribution in [0.1, 0.15) is 37.4 Å². The van der Waals surface area contributed by atoms with Crippen LogP contribution in [0.3, 0.4) is 0 Å². The van der Waals surface area contributed by atoms with Crippen LogP contribution in [-0.4, -0.2) is 6.61 Å². The van der Waals surface area contributed by atoms with E-state index in [1.807, 2.05) is 0 Å². The van der Waals surface area contributed by atoms with E-state index in [0.29, 0.717) is 0 Å². The lowest BCUT2D eigenvalue weighted by Gasteiger charge is -2.19. The molecule has 0 saturated carbocycles. The molecule has 1 unspecified atom stereocenters. The molecule has 0 fully saturated rings. The summed E-state index contributed by atoms with van der Waals surface area (Å²) in [5.74, 6) is 0.931. The van der Waals surface area contributed by atoms with Gasteiger partial charge in [-0.1, -0.05) is 41.1 Å². The quantitative estimate of drug-likeness (QED) is 0.721. The first-order valence-corrected chi connectivity index (χ1v) is 8.15. The predicted octanol–water partition coefficient (Wildman–Crippen LogP) is 5.72. The van der Waals surface area contributed by atoms with E-state index in [-0.39, 0.29) is 6.04 Å². The van der Waals surface area contributed by atoms with Crippen molar-refractivity contribution < 1.29 is 4.74 Å². The number of hydrogen-bond donors (Lipinski definition) is 1. The fourth-order valence-corrected chi connectivity index (χ4v) is 2.41. The Labute approximate surface area is 135 Å². The van der Waals surface area contributed by atoms with Crippen molar-refractivity contribution in [2.24, 2.45) is 0 Å². The highest BCUT2D eigenvalue weighted by atomic mass is 79.9. The molecule has 112 valence electrons. The fourth-order valence-electron chi connectivity index (χ4n) is 2.15. The molecule has 2 aromatic rings. The lowest BCUT2D eigenvalue weighted by atomic mass is 10.1. The molecule has 21 heavy (non-hydrogen) atoms. The third-order valence-electron chi connectivity index (χ3n) is 3.34. The summed E-state index contributed by atoms with van der Waals surface area (Å²) in [5.41, 5.74) is 3.51. The smallest absolute Gasteiger partial charge is 0.142 e. The van der Waals surface area contributed by atoms with Crippen molar-refractivity contribution in [3.05, 3.63) is 58.1 Å². The average Bonchev–Trinajstić information content (AvgIpc) is 2.48. The van der Waals surface area contributed by atoms with Gasteiger partial charge in [-0.25, -0.2) is 0 Å². The topological polar surface area (TPSA) is 21.3 Å². The Balaban J connectivity index is 2.16. The van der Waals surface area contributed by atoms with Crippen molar-refractivity contribution in [2.75, 3.05) is 11.9 Å². The van der Waals surface area contributed by atoms with Crippen LogP contribution in [0.5, 0.6) is 5.75 Å². The number of ether oxygens (including phenoxy) is 1. The van der Waals surface area contributed by atoms with Crippen LogP contribution in [0.15, 0.2) is 46.9 Å². The average molecular weight is 348 g/mol. The predicted molar refractivity (Wildman–Crippen MR) is 93.1 cm³/mol. The summed E-state index contributed by atoms with van der Waals surface area (Å²) in [7, 11) is 0. The van der Waals surface area contributed by atoms with Gasteiger partial charge in [0.1, 0.15) is 5.75 Å². The molecular formula is C18H22BrNO. The molecule has 0 radical (unpaired) electrons. The van der Waals surface area contributed by atoms with E-state index in [4.69, 9.17) is 4.74 Å². The lowest BCUT2D eigenvalue weighted by Crippen LogP contribution is -2.08. The monoisotopic (exact) mass is 347 g/mol. The first-order valence-electron chi connectivity index (χ1n) is 7.35. The molecule has 0 aromatic heterocycles. The van der Waals surface area contributed by atoms with Crippen LogP contribution in [0, 0.1) is 6.92 Å². The van der Waals surface area contributed by atoms with Crippen molar-refractivity contribution in [3.63, 3.8) is 0 Å². The zero-order valence-electron chi connectivity index (χ0n) is 12.8. The molecular weight excluding hydrogens is 326 g/mol. The SMILES string of the molecule is CCCOc1cc(C)ccc1NC(C)c1ccc(Br)cc1. The first kappa shape index (κ1) is 15.9. The zero-order valence-corrected chi connectivity index (χ0v) is 14.4. The third-order valence-corrected chi connectivity index (χ3v) is 3.87. The number of hydrogen-bond acceptors (Lipinski definition) is 2. The fraction of sp³-hybridized carbons (Fsp3) is 0.333. The van der Waals surface area contributed by atoms with Crippen LogP contribution in [0.25, 0.3) is 0 Å². The van der Waals surface area contributed by atoms with Crippen molar-refractivity contribution >= 4 is 21.6 Å². The van der Waals surface area contributed by atoms with Gasteiger partial charge in [0.2, 0.25) is 0 Å². The summed E-state index contributed by atoms with van der Waals surface area (Å²) in [5, 5.41) is 3.54. The maximum Gasteiger partial charge on any atom is 0.142 e. The van der Waals surface area contributed by atoms with Gasteiger partial charge < -0.3 is 10.1 Å². The highest BCUT2D eigenvalue weighted by molar-refractivity contribution is 9.10. The highest BCUT2D eigenvalue weighted by Gasteiger charge is 2.09. The van der Waals surface area contributed by atoms with Gasteiger partial charge in [-0.3, -0.25) is 0 Å². The number of halogens is 1. The molecule has 0 saturated heterocycles. The molecule has 1 N–H and O–H groups in total. The number of aryl methyl sites for hydroxylation is 1. The molecule has 1 atom stereocenters. The molecule has 2 aromatic carbocycles. The number of benzene rings is 2. The van der Waals surface area contributed by atoms with E-state index in [0.717, 1.165) is 28.9 Å². The maximum atomic E-state index is 5.85. The summed E-state index contributed by atoms with van der Waals surface area (Å²) in [6.07, 6.45) is 1.01. The molecule has 0 amide bonds. The van der Waals surface area contributed by atoms with Gasteiger partial charge in [-0.05, 0) is 55.7 Å². The Kier molecular flexibility index (Phi) is 5.68. The van der Waals surface area contributed by atoms with Gasteiger partial charge in [0.25, 0.3) is 0 Å². The van der Waals surface area contributed by atoms with E-state index < -0.39 is 0 Å². The zero-order chi connectivity index (χ0) is 15.2. The molecule has 2 rings (SSSR count). The first-order chi connectivity index (χ1) is 10.1. The molecule has 3 heteroatoms. The summed E-state index contributed by atoms with van der Waals surface area (Å²) >= 11 is 3.47. The lowest BCUT2D eigenvalue weighted by molar-refractivity contribution is 0.318. The largest absolute Gasteiger partial charge is 0.491 e. The second-order valence-electron chi connectivity index (χ2n) is 5.27. The Morgan fingerprint density at radius 2 is 1.86 bits per heavy atom. The van der Waals surface area contributed by atoms with Crippen LogP contribution in [-0.2, 0) is 0 Å². The number of rotatable bonds is 6. The molecule has 0 spiro atoms. The summed E-state index contributed by atoms with van der Waals surface area (Å²) < 4.78 is 6.95. The van der Waals surface area contributed by atoms with Crippen molar-refractivity contribution in [2.45, 2.75) is 33.2 Å². The minimum absolute atomic E-state index is 0.227. The van der Waals surface area contributed by atoms with Crippen molar-refractivity contribution in [1.29, 1.82) is 0 Å². The minimum Gasteiger partial charge on any atom is -0.491 e. The van der Waals surface area contributed by atoms with E-state index in [1.165, 1.54) is 11.1 Å². The molecule has 0 aliphatic rings. The summed E-state index contributed by atoms with van der Waals surface area (Å²) in [4.78, 5) is 0. The Hall–Kier alpha value is -1.48. The second kappa shape index (κ2) is 7.51. The standard InChI is InChI=1S/C18H22BrNO/c1-4-11-21-18-12-13(2)5-10-17(18)20-14(3)15-6-8-16(19)9-7-15/h5-10,12,14,20H,4,11H2,1-3H3. The minimum atomic E-state index is 0.227. The Morgan fingerprint density at radius 1 is 1.14 bits per heavy atom. The molecule has 0 aliphatic carbocycles. The van der Waals surface area contributed by atoms with Gasteiger partial charge in [0, 0.05) is 10.5 Å². The number of nitrogens with one attached hydrogen (secondary N) is 1. The van der Waals surface area contributed by atoms with Crippen molar-refractivity contribution in [1.82, 2.24) is 0 Å². The maximum absolute atomic E-state index is 5.85. The summed E-state index contributed by atoms with van der Waals surface area (Å²) in [6.45, 7) is 7.10. The Morgan fingerprint density at radius 3 is 2.52 bits per heavy atom. The van der Waals surface area contributed by atoms with E-state index in [9.17, 15) is 0 Å². The summed E-state index contributed by atoms with van der Waals surface area (Å²) in [6, 6.07) is 14.9. The normalized spacial score (nSPS) is 12.0. The third kappa shape index (κ3) is 4.50. The molecule has 0 aliphatic heterocycles. The van der Waals surface area contributed by atoms with Gasteiger partial charge >= 0.3 is 0 Å². The van der Waals surface area contributed by atoms with Gasteiger partial charge in [0.15, 0.2) is 0 Å². The number of anilines is 1. The van der Waals surface area contributed by atoms with Crippen LogP contribution in [0.4, 0.5) is 5.69 Å². The van der Waals surface area contributed by atoms with E-state index >= 15 is 0 Å². The highest BCUT2D eigenvalue weighted by Crippen LogP contribution is 2.30. The Bertz CT molecular complexity index is 580. The van der Waals surface area contributed by atoms with Crippen LogP contribution >= 0.6 is 15.9 Å². The van der Waals surface area contributed by atoms with Crippen LogP contribution in [0.2, 0.25) is 0 Å². The van der Waals surface area contributed by atoms with Gasteiger partial charge in [-0.2, -0.15) is 0 Å². The van der Waals surface area contributed by atoms with Crippen LogP contribution < -0.4 is 10.1 Å². The van der Waals surface area contributed by atoms with Crippen molar-refractivity contribution in [3.8, 4) is 5.75 Å². The van der Waals surface area contributed by atoms with Gasteiger partial charge in [0.05, 0.1) is 12.3 Å². The second-order valence-corrected chi connectivity index (χ2v) is 6.18.